The summed E-state index contributed by atoms with van der Waals surface area (Å²) < 4.78 is 0. The Kier molecular flexibility index (Phi) is 6.30. The van der Waals surface area contributed by atoms with Gasteiger partial charge in [-0.05, 0) is 61.0 Å². The summed E-state index contributed by atoms with van der Waals surface area (Å²) in [6.07, 6.45) is 7.75. The smallest absolute Gasteiger partial charge is 0.0374 e. The molecule has 0 fully saturated rings. The Labute approximate surface area is 108 Å². The third kappa shape index (κ3) is 6.35. The van der Waals surface area contributed by atoms with Crippen molar-refractivity contribution in [1.82, 2.24) is 4.90 Å². The molecule has 0 N–H and O–H groups in total. The maximum atomic E-state index is 2.35. The Hall–Kier alpha value is -0.980. The molecule has 0 atom stereocenters. The number of allylic oxidation sites excluding steroid dienone is 5. The molecular weight excluding hydrogens is 206 g/mol. The number of hydrogen-bond acceptors (Lipinski definition) is 1. The van der Waals surface area contributed by atoms with E-state index in [2.05, 4.69) is 78.6 Å². The Morgan fingerprint density at radius 1 is 0.941 bits per heavy atom. The first kappa shape index (κ1) is 16.0. The van der Waals surface area contributed by atoms with Gasteiger partial charge >= 0.3 is 0 Å². The molecule has 0 aliphatic rings. The van der Waals surface area contributed by atoms with E-state index in [0.717, 1.165) is 6.42 Å². The van der Waals surface area contributed by atoms with E-state index in [4.69, 9.17) is 0 Å². The van der Waals surface area contributed by atoms with Crippen molar-refractivity contribution in [2.45, 2.75) is 60.4 Å². The van der Waals surface area contributed by atoms with Gasteiger partial charge in [0, 0.05) is 18.3 Å². The molecule has 17 heavy (non-hydrogen) atoms. The SMILES string of the molecule is CC(C)=C/C=C(/C)N(C)C(C)(C)CC=C(C)C. The largest absolute Gasteiger partial charge is 0.373 e. The second kappa shape index (κ2) is 6.68. The van der Waals surface area contributed by atoms with Crippen molar-refractivity contribution in [1.29, 1.82) is 0 Å². The van der Waals surface area contributed by atoms with Crippen LogP contribution < -0.4 is 0 Å². The van der Waals surface area contributed by atoms with Gasteiger partial charge in [-0.25, -0.2) is 0 Å². The van der Waals surface area contributed by atoms with Crippen molar-refractivity contribution in [2.24, 2.45) is 0 Å². The highest BCUT2D eigenvalue weighted by Gasteiger charge is 2.21. The highest BCUT2D eigenvalue weighted by molar-refractivity contribution is 5.15. The predicted molar refractivity (Wildman–Crippen MR) is 79.1 cm³/mol. The summed E-state index contributed by atoms with van der Waals surface area (Å²) in [5.74, 6) is 0. The molecule has 0 heterocycles. The summed E-state index contributed by atoms with van der Waals surface area (Å²) in [7, 11) is 2.17. The van der Waals surface area contributed by atoms with E-state index in [1.807, 2.05) is 0 Å². The minimum atomic E-state index is 0.160. The zero-order valence-electron chi connectivity index (χ0n) is 12.9. The third-order valence-electron chi connectivity index (χ3n) is 3.10. The van der Waals surface area contributed by atoms with Gasteiger partial charge in [0.25, 0.3) is 0 Å². The molecule has 0 saturated carbocycles. The fourth-order valence-electron chi connectivity index (χ4n) is 1.47. The fraction of sp³-hybridized carbons (Fsp3) is 0.625. The maximum absolute atomic E-state index is 2.35. The van der Waals surface area contributed by atoms with Crippen LogP contribution in [0.5, 0.6) is 0 Å². The predicted octanol–water partition coefficient (Wildman–Crippen LogP) is 4.92. The van der Waals surface area contributed by atoms with E-state index in [0.29, 0.717) is 0 Å². The lowest BCUT2D eigenvalue weighted by molar-refractivity contribution is 0.207. The van der Waals surface area contributed by atoms with Gasteiger partial charge in [0.15, 0.2) is 0 Å². The lowest BCUT2D eigenvalue weighted by Gasteiger charge is -2.37. The highest BCUT2D eigenvalue weighted by atomic mass is 15.2. The summed E-state index contributed by atoms with van der Waals surface area (Å²) in [5.41, 5.74) is 4.18. The summed E-state index contributed by atoms with van der Waals surface area (Å²) in [6, 6.07) is 0. The van der Waals surface area contributed by atoms with Gasteiger partial charge in [-0.1, -0.05) is 23.3 Å². The molecule has 0 bridgehead atoms. The van der Waals surface area contributed by atoms with Crippen LogP contribution in [0.3, 0.4) is 0 Å². The Bertz CT molecular complexity index is 321. The minimum absolute atomic E-state index is 0.160. The fourth-order valence-corrected chi connectivity index (χ4v) is 1.47. The van der Waals surface area contributed by atoms with Gasteiger partial charge in [0.1, 0.15) is 0 Å². The molecule has 0 saturated heterocycles. The second-order valence-electron chi connectivity index (χ2n) is 5.91. The van der Waals surface area contributed by atoms with E-state index in [9.17, 15) is 0 Å². The molecule has 0 rings (SSSR count). The first-order valence-corrected chi connectivity index (χ1v) is 6.36. The monoisotopic (exact) mass is 235 g/mol. The molecular formula is C16H29N. The molecule has 0 amide bonds. The van der Waals surface area contributed by atoms with E-state index in [1.54, 1.807) is 0 Å². The average Bonchev–Trinajstić information content (AvgIpc) is 2.22. The molecule has 0 aromatic heterocycles. The van der Waals surface area contributed by atoms with Crippen molar-refractivity contribution in [3.63, 3.8) is 0 Å². The van der Waals surface area contributed by atoms with Crippen LogP contribution in [0.15, 0.2) is 35.1 Å². The maximum Gasteiger partial charge on any atom is 0.0374 e. The highest BCUT2D eigenvalue weighted by Crippen LogP contribution is 2.22. The Morgan fingerprint density at radius 3 is 1.88 bits per heavy atom. The normalized spacial score (nSPS) is 12.1. The first-order valence-electron chi connectivity index (χ1n) is 6.36. The number of hydrogen-bond donors (Lipinski definition) is 0. The second-order valence-corrected chi connectivity index (χ2v) is 5.91. The van der Waals surface area contributed by atoms with Crippen LogP contribution in [0, 0.1) is 0 Å². The van der Waals surface area contributed by atoms with Crippen molar-refractivity contribution in [3.8, 4) is 0 Å². The van der Waals surface area contributed by atoms with E-state index >= 15 is 0 Å². The standard InChI is InChI=1S/C16H29N/c1-13(2)9-10-15(5)17(8)16(6,7)12-11-14(3)4/h9-11H,12H2,1-8H3/b15-10-. The molecule has 0 aromatic carbocycles. The van der Waals surface area contributed by atoms with Crippen LogP contribution in [0.25, 0.3) is 0 Å². The third-order valence-corrected chi connectivity index (χ3v) is 3.10. The number of rotatable bonds is 5. The first-order chi connectivity index (χ1) is 7.66. The molecule has 1 nitrogen and oxygen atoms in total. The van der Waals surface area contributed by atoms with Crippen molar-refractivity contribution in [3.05, 3.63) is 35.1 Å². The van der Waals surface area contributed by atoms with E-state index < -0.39 is 0 Å². The van der Waals surface area contributed by atoms with Crippen LogP contribution in [-0.2, 0) is 0 Å². The molecule has 0 aliphatic heterocycles. The number of nitrogens with zero attached hydrogens (tertiary/aromatic N) is 1. The molecule has 0 unspecified atom stereocenters. The van der Waals surface area contributed by atoms with Crippen molar-refractivity contribution in [2.75, 3.05) is 7.05 Å². The Balaban J connectivity index is 4.78. The van der Waals surface area contributed by atoms with Gasteiger partial charge in [0.2, 0.25) is 0 Å². The van der Waals surface area contributed by atoms with Crippen LogP contribution >= 0.6 is 0 Å². The summed E-state index contributed by atoms with van der Waals surface area (Å²) in [6.45, 7) is 15.3. The van der Waals surface area contributed by atoms with Gasteiger partial charge < -0.3 is 4.90 Å². The molecule has 1 heteroatoms. The van der Waals surface area contributed by atoms with Crippen LogP contribution in [0.2, 0.25) is 0 Å². The van der Waals surface area contributed by atoms with E-state index in [1.165, 1.54) is 16.8 Å². The van der Waals surface area contributed by atoms with Gasteiger partial charge in [0.05, 0.1) is 0 Å². The summed E-state index contributed by atoms with van der Waals surface area (Å²) in [5, 5.41) is 0. The quantitative estimate of drug-likeness (QED) is 0.483. The minimum Gasteiger partial charge on any atom is -0.373 e. The lowest BCUT2D eigenvalue weighted by Crippen LogP contribution is -2.39. The van der Waals surface area contributed by atoms with Gasteiger partial charge in [-0.15, -0.1) is 0 Å². The van der Waals surface area contributed by atoms with Gasteiger partial charge in [-0.2, -0.15) is 0 Å². The summed E-state index contributed by atoms with van der Waals surface area (Å²) in [4.78, 5) is 2.35. The van der Waals surface area contributed by atoms with Crippen molar-refractivity contribution >= 4 is 0 Å². The zero-order valence-corrected chi connectivity index (χ0v) is 12.9. The zero-order chi connectivity index (χ0) is 13.6. The topological polar surface area (TPSA) is 3.24 Å². The summed E-state index contributed by atoms with van der Waals surface area (Å²) >= 11 is 0. The molecule has 0 aromatic rings. The van der Waals surface area contributed by atoms with Gasteiger partial charge in [-0.3, -0.25) is 0 Å². The average molecular weight is 235 g/mol. The molecule has 0 aliphatic carbocycles. The molecule has 0 spiro atoms. The molecule has 98 valence electrons. The van der Waals surface area contributed by atoms with Crippen LogP contribution in [0.4, 0.5) is 0 Å². The Morgan fingerprint density at radius 2 is 1.47 bits per heavy atom. The van der Waals surface area contributed by atoms with E-state index in [-0.39, 0.29) is 5.54 Å². The lowest BCUT2D eigenvalue weighted by atomic mass is 9.96. The van der Waals surface area contributed by atoms with Crippen molar-refractivity contribution < 1.29 is 0 Å². The van der Waals surface area contributed by atoms with Crippen LogP contribution in [0.1, 0.15) is 54.9 Å². The molecule has 0 radical (unpaired) electrons. The van der Waals surface area contributed by atoms with Crippen LogP contribution in [-0.4, -0.2) is 17.5 Å².